The summed E-state index contributed by atoms with van der Waals surface area (Å²) in [6, 6.07) is 0.620. The Labute approximate surface area is 110 Å². The molecule has 1 heterocycles. The Kier molecular flexibility index (Phi) is 3.83. The van der Waals surface area contributed by atoms with Gasteiger partial charge in [0.1, 0.15) is 5.82 Å². The maximum absolute atomic E-state index is 5.35. The molecule has 0 unspecified atom stereocenters. The summed E-state index contributed by atoms with van der Waals surface area (Å²) >= 11 is 3.51. The Morgan fingerprint density at radius 3 is 2.82 bits per heavy atom. The monoisotopic (exact) mass is 299 g/mol. The van der Waals surface area contributed by atoms with Gasteiger partial charge in [0.15, 0.2) is 0 Å². The molecule has 1 aromatic rings. The van der Waals surface area contributed by atoms with Gasteiger partial charge in [-0.05, 0) is 34.7 Å². The highest BCUT2D eigenvalue weighted by atomic mass is 79.9. The molecule has 1 fully saturated rings. The van der Waals surface area contributed by atoms with E-state index in [1.54, 1.807) is 6.20 Å². The van der Waals surface area contributed by atoms with Crippen molar-refractivity contribution in [2.24, 2.45) is 11.8 Å². The van der Waals surface area contributed by atoms with Gasteiger partial charge in [0, 0.05) is 18.8 Å². The number of hydrogen-bond acceptors (Lipinski definition) is 5. The summed E-state index contributed by atoms with van der Waals surface area (Å²) in [5.41, 5.74) is 2.49. The summed E-state index contributed by atoms with van der Waals surface area (Å²) in [6.45, 7) is 5.43. The van der Waals surface area contributed by atoms with E-state index >= 15 is 0 Å². The third-order valence-electron chi connectivity index (χ3n) is 2.68. The third-order valence-corrected chi connectivity index (χ3v) is 3.24. The molecule has 1 aliphatic carbocycles. The standard InChI is InChI=1S/C11H18BrN5/c1-7(2)6-17(8-3-4-8)10-9(12)5-14-11(15-10)16-13/h5,7-8H,3-4,6,13H2,1-2H3,(H,14,15,16). The predicted molar refractivity (Wildman–Crippen MR) is 72.7 cm³/mol. The van der Waals surface area contributed by atoms with E-state index in [0.717, 1.165) is 16.8 Å². The van der Waals surface area contributed by atoms with Gasteiger partial charge in [0.05, 0.1) is 4.47 Å². The smallest absolute Gasteiger partial charge is 0.239 e. The van der Waals surface area contributed by atoms with E-state index in [1.807, 2.05) is 0 Å². The highest BCUT2D eigenvalue weighted by molar-refractivity contribution is 9.10. The fourth-order valence-corrected chi connectivity index (χ4v) is 2.24. The number of anilines is 2. The molecule has 6 heteroatoms. The molecule has 0 aromatic carbocycles. The van der Waals surface area contributed by atoms with Crippen molar-refractivity contribution in [3.8, 4) is 0 Å². The zero-order chi connectivity index (χ0) is 12.4. The minimum absolute atomic E-state index is 0.456. The molecule has 5 nitrogen and oxygen atoms in total. The Bertz CT molecular complexity index is 391. The zero-order valence-electron chi connectivity index (χ0n) is 10.2. The third kappa shape index (κ3) is 3.07. The van der Waals surface area contributed by atoms with Gasteiger partial charge in [-0.2, -0.15) is 4.98 Å². The summed E-state index contributed by atoms with van der Waals surface area (Å²) in [7, 11) is 0. The van der Waals surface area contributed by atoms with Gasteiger partial charge >= 0.3 is 0 Å². The van der Waals surface area contributed by atoms with Gasteiger partial charge in [-0.25, -0.2) is 10.8 Å². The van der Waals surface area contributed by atoms with Crippen LogP contribution in [0.1, 0.15) is 26.7 Å². The summed E-state index contributed by atoms with van der Waals surface area (Å²) < 4.78 is 0.920. The molecule has 3 N–H and O–H groups in total. The molecule has 0 amide bonds. The molecule has 0 radical (unpaired) electrons. The van der Waals surface area contributed by atoms with Crippen LogP contribution >= 0.6 is 15.9 Å². The van der Waals surface area contributed by atoms with E-state index in [9.17, 15) is 0 Å². The van der Waals surface area contributed by atoms with Crippen molar-refractivity contribution in [2.45, 2.75) is 32.7 Å². The summed E-state index contributed by atoms with van der Waals surface area (Å²) in [6.07, 6.45) is 4.23. The first-order valence-corrected chi connectivity index (χ1v) is 6.67. The van der Waals surface area contributed by atoms with Crippen LogP contribution in [0.15, 0.2) is 10.7 Å². The number of halogens is 1. The van der Waals surface area contributed by atoms with Gasteiger partial charge < -0.3 is 4.90 Å². The quantitative estimate of drug-likeness (QED) is 0.644. The topological polar surface area (TPSA) is 67.1 Å². The molecule has 2 rings (SSSR count). The highest BCUT2D eigenvalue weighted by Gasteiger charge is 2.31. The van der Waals surface area contributed by atoms with Gasteiger partial charge in [-0.3, -0.25) is 5.43 Å². The lowest BCUT2D eigenvalue weighted by atomic mass is 10.2. The molecule has 0 atom stereocenters. The zero-order valence-corrected chi connectivity index (χ0v) is 11.7. The van der Waals surface area contributed by atoms with E-state index < -0.39 is 0 Å². The van der Waals surface area contributed by atoms with Crippen molar-refractivity contribution in [3.05, 3.63) is 10.7 Å². The van der Waals surface area contributed by atoms with E-state index in [-0.39, 0.29) is 0 Å². The average Bonchev–Trinajstić information content (AvgIpc) is 3.10. The second-order valence-corrected chi connectivity index (χ2v) is 5.64. The number of nitrogen functional groups attached to an aromatic ring is 1. The van der Waals surface area contributed by atoms with Crippen molar-refractivity contribution < 1.29 is 0 Å². The fraction of sp³-hybridized carbons (Fsp3) is 0.636. The van der Waals surface area contributed by atoms with Crippen LogP contribution in [-0.2, 0) is 0 Å². The first-order valence-electron chi connectivity index (χ1n) is 5.87. The minimum atomic E-state index is 0.456. The van der Waals surface area contributed by atoms with Crippen LogP contribution < -0.4 is 16.2 Å². The maximum atomic E-state index is 5.35. The molecule has 1 saturated carbocycles. The molecule has 0 saturated heterocycles. The largest absolute Gasteiger partial charge is 0.352 e. The first-order chi connectivity index (χ1) is 8.11. The van der Waals surface area contributed by atoms with Gasteiger partial charge in [0.25, 0.3) is 0 Å². The highest BCUT2D eigenvalue weighted by Crippen LogP contribution is 2.35. The second kappa shape index (κ2) is 5.18. The van der Waals surface area contributed by atoms with Crippen LogP contribution in [0.25, 0.3) is 0 Å². The lowest BCUT2D eigenvalue weighted by Crippen LogP contribution is -2.31. The van der Waals surface area contributed by atoms with Crippen LogP contribution in [0.3, 0.4) is 0 Å². The van der Waals surface area contributed by atoms with Crippen LogP contribution in [0.2, 0.25) is 0 Å². The van der Waals surface area contributed by atoms with Crippen LogP contribution in [-0.4, -0.2) is 22.6 Å². The number of hydrogen-bond donors (Lipinski definition) is 2. The predicted octanol–water partition coefficient (Wildman–Crippen LogP) is 2.15. The Hall–Kier alpha value is -0.880. The van der Waals surface area contributed by atoms with Gasteiger partial charge in [-0.1, -0.05) is 13.8 Å². The van der Waals surface area contributed by atoms with Crippen LogP contribution in [0.5, 0.6) is 0 Å². The lowest BCUT2D eigenvalue weighted by molar-refractivity contribution is 0.601. The summed E-state index contributed by atoms with van der Waals surface area (Å²) in [5, 5.41) is 0. The van der Waals surface area contributed by atoms with Crippen molar-refractivity contribution in [1.29, 1.82) is 0 Å². The SMILES string of the molecule is CC(C)CN(c1nc(NN)ncc1Br)C1CC1. The van der Waals surface area contributed by atoms with E-state index in [2.05, 4.69) is 50.1 Å². The second-order valence-electron chi connectivity index (χ2n) is 4.79. The number of nitrogens with two attached hydrogens (primary N) is 1. The number of hydrazine groups is 1. The Morgan fingerprint density at radius 2 is 2.29 bits per heavy atom. The van der Waals surface area contributed by atoms with Gasteiger partial charge in [-0.15, -0.1) is 0 Å². The minimum Gasteiger partial charge on any atom is -0.352 e. The summed E-state index contributed by atoms with van der Waals surface area (Å²) in [4.78, 5) is 10.9. The first kappa shape index (κ1) is 12.6. The lowest BCUT2D eigenvalue weighted by Gasteiger charge is -2.26. The van der Waals surface area contributed by atoms with E-state index in [1.165, 1.54) is 12.8 Å². The van der Waals surface area contributed by atoms with E-state index in [0.29, 0.717) is 17.9 Å². The molecule has 0 bridgehead atoms. The molecule has 0 spiro atoms. The van der Waals surface area contributed by atoms with Gasteiger partial charge in [0.2, 0.25) is 5.95 Å². The molecule has 17 heavy (non-hydrogen) atoms. The normalized spacial score (nSPS) is 15.1. The summed E-state index contributed by atoms with van der Waals surface area (Å²) in [5.74, 6) is 7.35. The Morgan fingerprint density at radius 1 is 1.59 bits per heavy atom. The number of nitrogens with zero attached hydrogens (tertiary/aromatic N) is 3. The number of rotatable bonds is 5. The van der Waals surface area contributed by atoms with E-state index in [4.69, 9.17) is 5.84 Å². The Balaban J connectivity index is 2.27. The molecular formula is C11H18BrN5. The van der Waals surface area contributed by atoms with Crippen LogP contribution in [0, 0.1) is 5.92 Å². The molecular weight excluding hydrogens is 282 g/mol. The maximum Gasteiger partial charge on any atom is 0.239 e. The van der Waals surface area contributed by atoms with Crippen molar-refractivity contribution in [3.63, 3.8) is 0 Å². The number of aromatic nitrogens is 2. The molecule has 94 valence electrons. The van der Waals surface area contributed by atoms with Crippen LogP contribution in [0.4, 0.5) is 11.8 Å². The molecule has 1 aromatic heterocycles. The molecule has 0 aliphatic heterocycles. The van der Waals surface area contributed by atoms with Crippen molar-refractivity contribution >= 4 is 27.7 Å². The number of nitrogens with one attached hydrogen (secondary N) is 1. The van der Waals surface area contributed by atoms with Crippen molar-refractivity contribution in [2.75, 3.05) is 16.9 Å². The molecule has 1 aliphatic rings. The average molecular weight is 300 g/mol. The fourth-order valence-electron chi connectivity index (χ4n) is 1.82. The van der Waals surface area contributed by atoms with Crippen molar-refractivity contribution in [1.82, 2.24) is 9.97 Å².